The maximum absolute atomic E-state index is 5.34. The Balaban J connectivity index is 1.53. The molecule has 5 nitrogen and oxygen atoms in total. The Morgan fingerprint density at radius 1 is 0.844 bits per heavy atom. The number of fused-ring (bicyclic) bond motifs is 1. The normalized spacial score (nSPS) is 12.0. The van der Waals surface area contributed by atoms with Crippen LogP contribution >= 0.6 is 0 Å². The van der Waals surface area contributed by atoms with Crippen LogP contribution < -0.4 is 10.1 Å². The molecule has 0 aliphatic heterocycles. The monoisotopic (exact) mass is 420 g/mol. The summed E-state index contributed by atoms with van der Waals surface area (Å²) in [6.45, 7) is 0.580. The van der Waals surface area contributed by atoms with Crippen molar-refractivity contribution in [1.82, 2.24) is 19.9 Å². The van der Waals surface area contributed by atoms with Gasteiger partial charge in [0.2, 0.25) is 0 Å². The van der Waals surface area contributed by atoms with Gasteiger partial charge in [-0.3, -0.25) is 14.9 Å². The third-order valence-corrected chi connectivity index (χ3v) is 5.54. The van der Waals surface area contributed by atoms with Gasteiger partial charge in [0.15, 0.2) is 0 Å². The first kappa shape index (κ1) is 20.0. The molecule has 0 amide bonds. The molecule has 1 atom stereocenters. The van der Waals surface area contributed by atoms with E-state index in [-0.39, 0.29) is 6.04 Å². The molecule has 2 heterocycles. The van der Waals surface area contributed by atoms with Gasteiger partial charge in [-0.2, -0.15) is 0 Å². The van der Waals surface area contributed by atoms with Crippen LogP contribution in [-0.4, -0.2) is 21.6 Å². The molecule has 0 fully saturated rings. The third kappa shape index (κ3) is 3.98. The highest BCUT2D eigenvalue weighted by Gasteiger charge is 2.18. The number of hydrogen-bond acceptors (Lipinski definition) is 4. The van der Waals surface area contributed by atoms with E-state index in [0.29, 0.717) is 6.54 Å². The smallest absolute Gasteiger partial charge is 0.128 e. The summed E-state index contributed by atoms with van der Waals surface area (Å²) < 4.78 is 7.53. The molecule has 0 aliphatic rings. The van der Waals surface area contributed by atoms with Gasteiger partial charge < -0.3 is 4.74 Å². The van der Waals surface area contributed by atoms with Crippen molar-refractivity contribution in [2.45, 2.75) is 12.6 Å². The molecule has 1 unspecified atom stereocenters. The first-order valence-electron chi connectivity index (χ1n) is 10.6. The van der Waals surface area contributed by atoms with Crippen LogP contribution in [0.15, 0.2) is 103 Å². The van der Waals surface area contributed by atoms with E-state index in [2.05, 4.69) is 63.4 Å². The number of hydrogen-bond donors (Lipinski definition) is 1. The van der Waals surface area contributed by atoms with Gasteiger partial charge >= 0.3 is 0 Å². The first-order valence-corrected chi connectivity index (χ1v) is 10.6. The number of aromatic nitrogens is 3. The molecule has 32 heavy (non-hydrogen) atoms. The Morgan fingerprint density at radius 3 is 2.34 bits per heavy atom. The van der Waals surface area contributed by atoms with Crippen LogP contribution in [0.3, 0.4) is 0 Å². The van der Waals surface area contributed by atoms with Crippen LogP contribution in [0.25, 0.3) is 16.7 Å². The van der Waals surface area contributed by atoms with Crippen LogP contribution in [0.2, 0.25) is 0 Å². The van der Waals surface area contributed by atoms with Crippen molar-refractivity contribution in [3.8, 4) is 11.4 Å². The predicted molar refractivity (Wildman–Crippen MR) is 127 cm³/mol. The van der Waals surface area contributed by atoms with Crippen LogP contribution in [-0.2, 0) is 6.54 Å². The van der Waals surface area contributed by atoms with Crippen LogP contribution in [0, 0.1) is 0 Å². The molecule has 0 saturated carbocycles. The Labute approximate surface area is 187 Å². The summed E-state index contributed by atoms with van der Waals surface area (Å²) in [6.07, 6.45) is 1.83. The van der Waals surface area contributed by atoms with E-state index in [4.69, 9.17) is 9.72 Å². The van der Waals surface area contributed by atoms with E-state index >= 15 is 0 Å². The molecule has 0 aliphatic carbocycles. The van der Waals surface area contributed by atoms with E-state index in [0.717, 1.165) is 34.0 Å². The van der Waals surface area contributed by atoms with Gasteiger partial charge in [-0.05, 0) is 54.1 Å². The molecule has 0 spiro atoms. The van der Waals surface area contributed by atoms with Gasteiger partial charge in [0.1, 0.15) is 11.6 Å². The molecule has 2 aromatic heterocycles. The zero-order valence-electron chi connectivity index (χ0n) is 17.8. The summed E-state index contributed by atoms with van der Waals surface area (Å²) in [4.78, 5) is 9.55. The quantitative estimate of drug-likeness (QED) is 0.388. The van der Waals surface area contributed by atoms with Crippen molar-refractivity contribution < 1.29 is 4.74 Å². The second-order valence-electron chi connectivity index (χ2n) is 7.53. The minimum atomic E-state index is -0.0403. The largest absolute Gasteiger partial charge is 0.497 e. The van der Waals surface area contributed by atoms with E-state index in [1.165, 1.54) is 5.56 Å². The van der Waals surface area contributed by atoms with E-state index < -0.39 is 0 Å². The number of benzene rings is 3. The Kier molecular flexibility index (Phi) is 5.64. The molecule has 158 valence electrons. The minimum Gasteiger partial charge on any atom is -0.497 e. The number of nitrogens with one attached hydrogen (secondary N) is 1. The SMILES string of the molecule is COc1ccc(-n2c(CNC(c3ccccc3)c3ccccn3)nc3ccccc32)cc1. The summed E-state index contributed by atoms with van der Waals surface area (Å²) >= 11 is 0. The van der Waals surface area contributed by atoms with E-state index in [1.807, 2.05) is 54.7 Å². The Morgan fingerprint density at radius 2 is 1.59 bits per heavy atom. The molecule has 0 bridgehead atoms. The summed E-state index contributed by atoms with van der Waals surface area (Å²) in [5.74, 6) is 1.77. The topological polar surface area (TPSA) is 52.0 Å². The van der Waals surface area contributed by atoms with Crippen molar-refractivity contribution in [3.05, 3.63) is 120 Å². The number of nitrogens with zero attached hydrogens (tertiary/aromatic N) is 3. The standard InChI is InChI=1S/C27H24N4O/c1-32-22-16-14-21(15-17-22)31-25-13-6-5-11-23(25)30-26(31)19-29-27(20-9-3-2-4-10-20)24-12-7-8-18-28-24/h2-18,27,29H,19H2,1H3. The number of methoxy groups -OCH3 is 1. The summed E-state index contributed by atoms with van der Waals surface area (Å²) in [5.41, 5.74) is 5.23. The summed E-state index contributed by atoms with van der Waals surface area (Å²) in [6, 6.07) is 32.6. The molecule has 5 heteroatoms. The highest BCUT2D eigenvalue weighted by Crippen LogP contribution is 2.25. The van der Waals surface area contributed by atoms with Crippen LogP contribution in [0.5, 0.6) is 5.75 Å². The fourth-order valence-corrected chi connectivity index (χ4v) is 3.99. The second-order valence-corrected chi connectivity index (χ2v) is 7.53. The molecule has 0 saturated heterocycles. The fraction of sp³-hybridized carbons (Fsp3) is 0.111. The van der Waals surface area contributed by atoms with Crippen molar-refractivity contribution in [1.29, 1.82) is 0 Å². The average molecular weight is 421 g/mol. The van der Waals surface area contributed by atoms with Gasteiger partial charge in [0.25, 0.3) is 0 Å². The van der Waals surface area contributed by atoms with Crippen molar-refractivity contribution >= 4 is 11.0 Å². The maximum atomic E-state index is 5.34. The Bertz CT molecular complexity index is 1260. The van der Waals surface area contributed by atoms with Gasteiger partial charge in [0, 0.05) is 11.9 Å². The molecule has 3 aromatic carbocycles. The van der Waals surface area contributed by atoms with Gasteiger partial charge in [-0.15, -0.1) is 0 Å². The number of rotatable bonds is 7. The van der Waals surface area contributed by atoms with Crippen molar-refractivity contribution in [2.75, 3.05) is 7.11 Å². The molecule has 1 N–H and O–H groups in total. The number of para-hydroxylation sites is 2. The Hall–Kier alpha value is -3.96. The summed E-state index contributed by atoms with van der Waals surface area (Å²) in [5, 5.41) is 3.69. The fourth-order valence-electron chi connectivity index (χ4n) is 3.99. The van der Waals surface area contributed by atoms with Crippen LogP contribution in [0.1, 0.15) is 23.1 Å². The number of pyridine rings is 1. The molecular weight excluding hydrogens is 396 g/mol. The van der Waals surface area contributed by atoms with E-state index in [9.17, 15) is 0 Å². The lowest BCUT2D eigenvalue weighted by molar-refractivity contribution is 0.414. The number of imidazole rings is 1. The molecule has 5 rings (SSSR count). The minimum absolute atomic E-state index is 0.0403. The number of ether oxygens (including phenoxy) is 1. The van der Waals surface area contributed by atoms with E-state index in [1.54, 1.807) is 7.11 Å². The van der Waals surface area contributed by atoms with Gasteiger partial charge in [-0.1, -0.05) is 48.5 Å². The molecular formula is C27H24N4O. The van der Waals surface area contributed by atoms with Crippen molar-refractivity contribution in [2.24, 2.45) is 0 Å². The lowest BCUT2D eigenvalue weighted by Crippen LogP contribution is -2.24. The van der Waals surface area contributed by atoms with Gasteiger partial charge in [-0.25, -0.2) is 4.98 Å². The maximum Gasteiger partial charge on any atom is 0.128 e. The summed E-state index contributed by atoms with van der Waals surface area (Å²) in [7, 11) is 1.68. The third-order valence-electron chi connectivity index (χ3n) is 5.54. The lowest BCUT2D eigenvalue weighted by atomic mass is 10.0. The van der Waals surface area contributed by atoms with Gasteiger partial charge in [0.05, 0.1) is 36.4 Å². The zero-order chi connectivity index (χ0) is 21.8. The highest BCUT2D eigenvalue weighted by atomic mass is 16.5. The molecule has 5 aromatic rings. The van der Waals surface area contributed by atoms with Crippen molar-refractivity contribution in [3.63, 3.8) is 0 Å². The van der Waals surface area contributed by atoms with Crippen LogP contribution in [0.4, 0.5) is 0 Å². The highest BCUT2D eigenvalue weighted by molar-refractivity contribution is 5.78. The first-order chi connectivity index (χ1) is 15.8. The molecule has 0 radical (unpaired) electrons. The predicted octanol–water partition coefficient (Wildman–Crippen LogP) is 5.31. The zero-order valence-corrected chi connectivity index (χ0v) is 17.8. The lowest BCUT2D eigenvalue weighted by Gasteiger charge is -2.19. The second kappa shape index (κ2) is 9.04. The average Bonchev–Trinajstić information content (AvgIpc) is 3.24.